The van der Waals surface area contributed by atoms with Gasteiger partial charge in [-0.1, -0.05) is 23.1 Å². The van der Waals surface area contributed by atoms with Crippen LogP contribution in [-0.2, 0) is 4.79 Å². The number of nitrogens with one attached hydrogen (secondary N) is 1. The van der Waals surface area contributed by atoms with Gasteiger partial charge in [-0.25, -0.2) is 5.43 Å². The highest BCUT2D eigenvalue weighted by atomic mass is 32.2. The zero-order valence-corrected chi connectivity index (χ0v) is 14.8. The van der Waals surface area contributed by atoms with Gasteiger partial charge in [0.1, 0.15) is 0 Å². The van der Waals surface area contributed by atoms with Crippen molar-refractivity contribution in [1.29, 1.82) is 0 Å². The van der Waals surface area contributed by atoms with Gasteiger partial charge in [0.25, 0.3) is 5.91 Å². The van der Waals surface area contributed by atoms with Crippen LogP contribution in [0.3, 0.4) is 0 Å². The lowest BCUT2D eigenvalue weighted by atomic mass is 10.2. The molecule has 1 amide bonds. The third kappa shape index (κ3) is 5.39. The Morgan fingerprint density at radius 1 is 1.46 bits per heavy atom. The fourth-order valence-corrected chi connectivity index (χ4v) is 3.09. The van der Waals surface area contributed by atoms with Crippen LogP contribution in [0.15, 0.2) is 27.6 Å². The summed E-state index contributed by atoms with van der Waals surface area (Å²) in [7, 11) is 1.58. The Labute approximate surface area is 147 Å². The number of rotatable bonds is 8. The van der Waals surface area contributed by atoms with Crippen LogP contribution in [0.4, 0.5) is 5.13 Å². The molecule has 3 N–H and O–H groups in total. The van der Waals surface area contributed by atoms with Crippen molar-refractivity contribution in [2.24, 2.45) is 5.10 Å². The molecule has 0 fully saturated rings. The molecule has 24 heavy (non-hydrogen) atoms. The van der Waals surface area contributed by atoms with E-state index in [2.05, 4.69) is 20.7 Å². The number of ether oxygens (including phenoxy) is 2. The summed E-state index contributed by atoms with van der Waals surface area (Å²) in [5, 5.41) is 11.8. The van der Waals surface area contributed by atoms with Gasteiger partial charge in [0.2, 0.25) is 5.13 Å². The number of nitrogens with two attached hydrogens (primary N) is 1. The maximum atomic E-state index is 11.7. The first kappa shape index (κ1) is 18.0. The van der Waals surface area contributed by atoms with Crippen molar-refractivity contribution in [3.05, 3.63) is 23.8 Å². The van der Waals surface area contributed by atoms with Gasteiger partial charge in [0.15, 0.2) is 15.8 Å². The van der Waals surface area contributed by atoms with Crippen molar-refractivity contribution >= 4 is 40.4 Å². The molecule has 0 aliphatic rings. The number of carbonyl (C=O) groups excluding carboxylic acids is 1. The first-order chi connectivity index (χ1) is 11.6. The normalized spacial score (nSPS) is 10.8. The van der Waals surface area contributed by atoms with Crippen molar-refractivity contribution in [2.45, 2.75) is 11.3 Å². The van der Waals surface area contributed by atoms with Gasteiger partial charge in [0, 0.05) is 0 Å². The molecule has 0 aliphatic carbocycles. The molecule has 1 heterocycles. The maximum Gasteiger partial charge on any atom is 0.250 e. The topological polar surface area (TPSA) is 112 Å². The van der Waals surface area contributed by atoms with E-state index >= 15 is 0 Å². The van der Waals surface area contributed by atoms with Crippen molar-refractivity contribution in [1.82, 2.24) is 15.6 Å². The number of hydrogen-bond acceptors (Lipinski definition) is 9. The van der Waals surface area contributed by atoms with E-state index in [0.717, 1.165) is 5.56 Å². The Kier molecular flexibility index (Phi) is 6.82. The Morgan fingerprint density at radius 2 is 2.29 bits per heavy atom. The molecule has 2 rings (SSSR count). The lowest BCUT2D eigenvalue weighted by Crippen LogP contribution is -2.19. The Balaban J connectivity index is 1.86. The van der Waals surface area contributed by atoms with E-state index in [1.807, 2.05) is 13.0 Å². The zero-order chi connectivity index (χ0) is 17.4. The highest BCUT2D eigenvalue weighted by Gasteiger charge is 2.06. The van der Waals surface area contributed by atoms with E-state index in [1.165, 1.54) is 29.3 Å². The molecular weight excluding hydrogens is 350 g/mol. The van der Waals surface area contributed by atoms with E-state index in [1.54, 1.807) is 19.2 Å². The van der Waals surface area contributed by atoms with Crippen LogP contribution in [0.25, 0.3) is 0 Å². The second-order valence-corrected chi connectivity index (χ2v) is 6.56. The number of thioether (sulfide) groups is 1. The number of hydrogen-bond donors (Lipinski definition) is 2. The summed E-state index contributed by atoms with van der Waals surface area (Å²) in [5.74, 6) is 1.20. The van der Waals surface area contributed by atoms with Gasteiger partial charge in [-0.05, 0) is 30.7 Å². The lowest BCUT2D eigenvalue weighted by molar-refractivity contribution is -0.118. The number of nitrogens with zero attached hydrogens (tertiary/aromatic N) is 3. The largest absolute Gasteiger partial charge is 0.493 e. The number of aromatic nitrogens is 2. The van der Waals surface area contributed by atoms with E-state index < -0.39 is 0 Å². The van der Waals surface area contributed by atoms with Crippen molar-refractivity contribution in [2.75, 3.05) is 25.2 Å². The SMILES string of the molecule is CCOc1cc(C=NNC(=O)CSc2nnc(N)s2)ccc1OC. The molecule has 10 heteroatoms. The fourth-order valence-electron chi connectivity index (χ4n) is 1.66. The molecule has 0 bridgehead atoms. The van der Waals surface area contributed by atoms with Gasteiger partial charge in [-0.15, -0.1) is 10.2 Å². The molecular formula is C14H17N5O3S2. The number of anilines is 1. The van der Waals surface area contributed by atoms with Crippen LogP contribution in [0.2, 0.25) is 0 Å². The summed E-state index contributed by atoms with van der Waals surface area (Å²) in [6.45, 7) is 2.42. The second-order valence-electron chi connectivity index (χ2n) is 4.33. The number of benzene rings is 1. The van der Waals surface area contributed by atoms with Crippen LogP contribution >= 0.6 is 23.1 Å². The van der Waals surface area contributed by atoms with Gasteiger partial charge in [-0.2, -0.15) is 5.10 Å². The molecule has 0 radical (unpaired) electrons. The maximum absolute atomic E-state index is 11.7. The number of nitrogen functional groups attached to an aromatic ring is 1. The summed E-state index contributed by atoms with van der Waals surface area (Å²) in [6, 6.07) is 5.39. The smallest absolute Gasteiger partial charge is 0.250 e. The van der Waals surface area contributed by atoms with Gasteiger partial charge < -0.3 is 15.2 Å². The third-order valence-electron chi connectivity index (χ3n) is 2.64. The van der Waals surface area contributed by atoms with Crippen LogP contribution in [0, 0.1) is 0 Å². The second kappa shape index (κ2) is 9.08. The minimum atomic E-state index is -0.247. The number of amides is 1. The molecule has 0 saturated heterocycles. The molecule has 0 saturated carbocycles. The van der Waals surface area contributed by atoms with Gasteiger partial charge in [0.05, 0.1) is 25.7 Å². The van der Waals surface area contributed by atoms with E-state index in [-0.39, 0.29) is 11.7 Å². The predicted molar refractivity (Wildman–Crippen MR) is 94.9 cm³/mol. The first-order valence-corrected chi connectivity index (χ1v) is 8.77. The minimum absolute atomic E-state index is 0.179. The fraction of sp³-hybridized carbons (Fsp3) is 0.286. The average Bonchev–Trinajstić information content (AvgIpc) is 2.99. The minimum Gasteiger partial charge on any atom is -0.493 e. The van der Waals surface area contributed by atoms with E-state index in [0.29, 0.717) is 27.6 Å². The Bertz CT molecular complexity index is 720. The number of hydrazone groups is 1. The van der Waals surface area contributed by atoms with Crippen molar-refractivity contribution < 1.29 is 14.3 Å². The van der Waals surface area contributed by atoms with Crippen molar-refractivity contribution in [3.63, 3.8) is 0 Å². The standard InChI is InChI=1S/C14H17N5O3S2/c1-3-22-11-6-9(4-5-10(11)21-2)7-16-17-12(20)8-23-14-19-18-13(15)24-14/h4-7H,3,8H2,1-2H3,(H2,15,18)(H,17,20). The van der Waals surface area contributed by atoms with Crippen LogP contribution < -0.4 is 20.6 Å². The molecule has 0 atom stereocenters. The molecule has 2 aromatic rings. The monoisotopic (exact) mass is 367 g/mol. The summed E-state index contributed by atoms with van der Waals surface area (Å²) in [4.78, 5) is 11.7. The lowest BCUT2D eigenvalue weighted by Gasteiger charge is -2.09. The molecule has 0 aliphatic heterocycles. The summed E-state index contributed by atoms with van der Waals surface area (Å²) in [5.41, 5.74) is 8.70. The molecule has 1 aromatic heterocycles. The summed E-state index contributed by atoms with van der Waals surface area (Å²) >= 11 is 2.49. The molecule has 128 valence electrons. The predicted octanol–water partition coefficient (Wildman–Crippen LogP) is 1.77. The number of methoxy groups -OCH3 is 1. The third-order valence-corrected chi connectivity index (χ3v) is 4.52. The Hall–Kier alpha value is -2.33. The Morgan fingerprint density at radius 3 is 2.96 bits per heavy atom. The summed E-state index contributed by atoms with van der Waals surface area (Å²) in [6.07, 6.45) is 1.54. The van der Waals surface area contributed by atoms with E-state index in [9.17, 15) is 4.79 Å². The highest BCUT2D eigenvalue weighted by Crippen LogP contribution is 2.27. The number of carbonyl (C=O) groups is 1. The summed E-state index contributed by atoms with van der Waals surface area (Å²) < 4.78 is 11.3. The van der Waals surface area contributed by atoms with Gasteiger partial charge in [-0.3, -0.25) is 4.79 Å². The van der Waals surface area contributed by atoms with Crippen LogP contribution in [-0.4, -0.2) is 41.8 Å². The molecule has 8 nitrogen and oxygen atoms in total. The first-order valence-electron chi connectivity index (χ1n) is 6.97. The average molecular weight is 367 g/mol. The molecule has 0 spiro atoms. The molecule has 1 aromatic carbocycles. The van der Waals surface area contributed by atoms with Crippen molar-refractivity contribution in [3.8, 4) is 11.5 Å². The zero-order valence-electron chi connectivity index (χ0n) is 13.2. The highest BCUT2D eigenvalue weighted by molar-refractivity contribution is 8.01. The quantitative estimate of drug-likeness (QED) is 0.415. The van der Waals surface area contributed by atoms with Crippen LogP contribution in [0.5, 0.6) is 11.5 Å². The molecule has 0 unspecified atom stereocenters. The van der Waals surface area contributed by atoms with Gasteiger partial charge >= 0.3 is 0 Å². The van der Waals surface area contributed by atoms with E-state index in [4.69, 9.17) is 15.2 Å². The van der Waals surface area contributed by atoms with Crippen LogP contribution in [0.1, 0.15) is 12.5 Å².